The number of hydrogen-bond donors (Lipinski definition) is 1. The Morgan fingerprint density at radius 3 is 2.70 bits per heavy atom. The SMILES string of the molecule is Cc1noc(C)c1-c1cnc(Oc2ccccc2)c(NCc2nccs2)c1. The first kappa shape index (κ1) is 17.2. The number of aromatic nitrogens is 3. The Labute approximate surface area is 160 Å². The van der Waals surface area contributed by atoms with Crippen molar-refractivity contribution in [3.63, 3.8) is 0 Å². The number of benzene rings is 1. The molecule has 136 valence electrons. The lowest BCUT2D eigenvalue weighted by molar-refractivity contribution is 0.393. The van der Waals surface area contributed by atoms with Crippen molar-refractivity contribution in [2.45, 2.75) is 20.4 Å². The molecule has 7 heteroatoms. The van der Waals surface area contributed by atoms with E-state index < -0.39 is 0 Å². The molecule has 0 aliphatic carbocycles. The highest BCUT2D eigenvalue weighted by atomic mass is 32.1. The van der Waals surface area contributed by atoms with Gasteiger partial charge in [-0.05, 0) is 32.0 Å². The summed E-state index contributed by atoms with van der Waals surface area (Å²) in [5.41, 5.74) is 3.49. The summed E-state index contributed by atoms with van der Waals surface area (Å²) in [6, 6.07) is 11.6. The Morgan fingerprint density at radius 1 is 1.15 bits per heavy atom. The number of hydrogen-bond acceptors (Lipinski definition) is 7. The molecule has 0 fully saturated rings. The zero-order chi connectivity index (χ0) is 18.6. The maximum Gasteiger partial charge on any atom is 0.242 e. The molecule has 0 saturated carbocycles. The maximum atomic E-state index is 5.98. The van der Waals surface area contributed by atoms with E-state index in [2.05, 4.69) is 20.4 Å². The third-order valence-corrected chi connectivity index (χ3v) is 4.82. The molecule has 27 heavy (non-hydrogen) atoms. The van der Waals surface area contributed by atoms with Crippen LogP contribution in [0.3, 0.4) is 0 Å². The minimum atomic E-state index is 0.508. The van der Waals surface area contributed by atoms with Gasteiger partial charge >= 0.3 is 0 Å². The summed E-state index contributed by atoms with van der Waals surface area (Å²) in [5, 5.41) is 10.4. The summed E-state index contributed by atoms with van der Waals surface area (Å²) in [6.45, 7) is 4.41. The standard InChI is InChI=1S/C20H18N4O2S/c1-13-19(14(2)26-24-13)15-10-17(22-12-18-21-8-9-27-18)20(23-11-15)25-16-6-4-3-5-7-16/h3-11,22H,12H2,1-2H3. The van der Waals surface area contributed by atoms with Crippen molar-refractivity contribution in [1.29, 1.82) is 0 Å². The largest absolute Gasteiger partial charge is 0.437 e. The second kappa shape index (κ2) is 7.59. The normalized spacial score (nSPS) is 10.7. The summed E-state index contributed by atoms with van der Waals surface area (Å²) in [6.07, 6.45) is 3.57. The summed E-state index contributed by atoms with van der Waals surface area (Å²) in [7, 11) is 0. The molecule has 0 atom stereocenters. The maximum absolute atomic E-state index is 5.98. The minimum absolute atomic E-state index is 0.508. The lowest BCUT2D eigenvalue weighted by atomic mass is 10.1. The number of ether oxygens (including phenoxy) is 1. The van der Waals surface area contributed by atoms with Crippen molar-refractivity contribution in [1.82, 2.24) is 15.1 Å². The summed E-state index contributed by atoms with van der Waals surface area (Å²) >= 11 is 1.60. The van der Waals surface area contributed by atoms with Crippen LogP contribution in [0.15, 0.2) is 58.7 Å². The topological polar surface area (TPSA) is 73.1 Å². The van der Waals surface area contributed by atoms with Crippen molar-refractivity contribution in [2.75, 3.05) is 5.32 Å². The van der Waals surface area contributed by atoms with E-state index in [1.54, 1.807) is 23.7 Å². The lowest BCUT2D eigenvalue weighted by Crippen LogP contribution is -2.02. The average molecular weight is 378 g/mol. The van der Waals surface area contributed by atoms with Gasteiger partial charge in [0.2, 0.25) is 5.88 Å². The summed E-state index contributed by atoms with van der Waals surface area (Å²) in [5.74, 6) is 2.00. The Kier molecular flexibility index (Phi) is 4.84. The van der Waals surface area contributed by atoms with E-state index >= 15 is 0 Å². The number of pyridine rings is 1. The Morgan fingerprint density at radius 2 is 2.00 bits per heavy atom. The van der Waals surface area contributed by atoms with Crippen molar-refractivity contribution < 1.29 is 9.26 Å². The predicted octanol–water partition coefficient (Wildman–Crippen LogP) is 5.21. The number of aryl methyl sites for hydroxylation is 2. The third-order valence-electron chi connectivity index (χ3n) is 4.04. The molecule has 4 rings (SSSR count). The van der Waals surface area contributed by atoms with Crippen LogP contribution < -0.4 is 10.1 Å². The lowest BCUT2D eigenvalue weighted by Gasteiger charge is -2.13. The molecule has 0 radical (unpaired) electrons. The van der Waals surface area contributed by atoms with Crippen LogP contribution in [0.5, 0.6) is 11.6 Å². The number of nitrogens with one attached hydrogen (secondary N) is 1. The molecule has 0 bridgehead atoms. The molecule has 3 aromatic heterocycles. The molecule has 1 N–H and O–H groups in total. The van der Waals surface area contributed by atoms with Crippen LogP contribution >= 0.6 is 11.3 Å². The molecule has 0 spiro atoms. The molecule has 4 aromatic rings. The predicted molar refractivity (Wildman–Crippen MR) is 105 cm³/mol. The van der Waals surface area contributed by atoms with Gasteiger partial charge in [-0.2, -0.15) is 0 Å². The molecule has 6 nitrogen and oxygen atoms in total. The van der Waals surface area contributed by atoms with Crippen LogP contribution in [0.25, 0.3) is 11.1 Å². The molecule has 1 aromatic carbocycles. The van der Waals surface area contributed by atoms with Crippen LogP contribution in [0.1, 0.15) is 16.5 Å². The van der Waals surface area contributed by atoms with Gasteiger partial charge in [0.05, 0.1) is 17.9 Å². The highest BCUT2D eigenvalue weighted by Gasteiger charge is 2.15. The van der Waals surface area contributed by atoms with Gasteiger partial charge in [0.1, 0.15) is 16.5 Å². The van der Waals surface area contributed by atoms with E-state index in [0.29, 0.717) is 12.4 Å². The molecule has 0 aliphatic heterocycles. The average Bonchev–Trinajstić information content (AvgIpc) is 3.32. The Bertz CT molecular complexity index is 1010. The molecule has 0 saturated heterocycles. The smallest absolute Gasteiger partial charge is 0.242 e. The van der Waals surface area contributed by atoms with Gasteiger partial charge in [-0.1, -0.05) is 23.4 Å². The van der Waals surface area contributed by atoms with E-state index in [9.17, 15) is 0 Å². The quantitative estimate of drug-likeness (QED) is 0.496. The van der Waals surface area contributed by atoms with E-state index in [-0.39, 0.29) is 0 Å². The zero-order valence-electron chi connectivity index (χ0n) is 15.0. The summed E-state index contributed by atoms with van der Waals surface area (Å²) < 4.78 is 11.3. The Balaban J connectivity index is 1.69. The monoisotopic (exact) mass is 378 g/mol. The molecule has 3 heterocycles. The van der Waals surface area contributed by atoms with Crippen molar-refractivity contribution in [3.8, 4) is 22.8 Å². The molecule has 0 amide bonds. The number of para-hydroxylation sites is 1. The first-order chi connectivity index (χ1) is 13.2. The minimum Gasteiger partial charge on any atom is -0.437 e. The van der Waals surface area contributed by atoms with Gasteiger partial charge in [-0.15, -0.1) is 11.3 Å². The van der Waals surface area contributed by atoms with Crippen LogP contribution in [0.2, 0.25) is 0 Å². The van der Waals surface area contributed by atoms with Crippen molar-refractivity contribution >= 4 is 17.0 Å². The van der Waals surface area contributed by atoms with E-state index in [1.165, 1.54) is 0 Å². The number of nitrogens with zero attached hydrogens (tertiary/aromatic N) is 3. The molecule has 0 aliphatic rings. The fourth-order valence-corrected chi connectivity index (χ4v) is 3.36. The van der Waals surface area contributed by atoms with E-state index in [0.717, 1.165) is 39.0 Å². The van der Waals surface area contributed by atoms with Crippen LogP contribution in [-0.4, -0.2) is 15.1 Å². The number of thiazole rings is 1. The zero-order valence-corrected chi connectivity index (χ0v) is 15.8. The van der Waals surface area contributed by atoms with E-state index in [1.807, 2.05) is 55.6 Å². The molecule has 0 unspecified atom stereocenters. The molecular weight excluding hydrogens is 360 g/mol. The van der Waals surface area contributed by atoms with Gasteiger partial charge in [0, 0.05) is 28.9 Å². The van der Waals surface area contributed by atoms with E-state index in [4.69, 9.17) is 9.26 Å². The summed E-state index contributed by atoms with van der Waals surface area (Å²) in [4.78, 5) is 8.86. The Hall–Kier alpha value is -3.19. The van der Waals surface area contributed by atoms with Crippen LogP contribution in [-0.2, 0) is 6.54 Å². The van der Waals surface area contributed by atoms with Gasteiger partial charge in [-0.25, -0.2) is 9.97 Å². The van der Waals surface area contributed by atoms with Crippen LogP contribution in [0, 0.1) is 13.8 Å². The van der Waals surface area contributed by atoms with Crippen LogP contribution in [0.4, 0.5) is 5.69 Å². The first-order valence-electron chi connectivity index (χ1n) is 8.49. The van der Waals surface area contributed by atoms with Gasteiger partial charge < -0.3 is 14.6 Å². The van der Waals surface area contributed by atoms with Crippen molar-refractivity contribution in [2.24, 2.45) is 0 Å². The fraction of sp³-hybridized carbons (Fsp3) is 0.150. The number of anilines is 1. The van der Waals surface area contributed by atoms with Gasteiger partial charge in [-0.3, -0.25) is 0 Å². The highest BCUT2D eigenvalue weighted by Crippen LogP contribution is 2.34. The van der Waals surface area contributed by atoms with Gasteiger partial charge in [0.15, 0.2) is 0 Å². The second-order valence-electron chi connectivity index (χ2n) is 5.97. The molecular formula is C20H18N4O2S. The first-order valence-corrected chi connectivity index (χ1v) is 9.37. The second-order valence-corrected chi connectivity index (χ2v) is 6.95. The fourth-order valence-electron chi connectivity index (χ4n) is 2.80. The number of rotatable bonds is 6. The highest BCUT2D eigenvalue weighted by molar-refractivity contribution is 7.09. The van der Waals surface area contributed by atoms with Gasteiger partial charge in [0.25, 0.3) is 0 Å². The third kappa shape index (κ3) is 3.83. The van der Waals surface area contributed by atoms with Crippen molar-refractivity contribution in [3.05, 3.63) is 70.6 Å².